The lowest BCUT2D eigenvalue weighted by molar-refractivity contribution is 0.103. The first kappa shape index (κ1) is 24.0. The number of carbonyl (C=O) groups excluding carboxylic acids is 1. The highest BCUT2D eigenvalue weighted by Gasteiger charge is 2.15. The first-order chi connectivity index (χ1) is 17.5. The average Bonchev–Trinajstić information content (AvgIpc) is 3.37. The van der Waals surface area contributed by atoms with Crippen molar-refractivity contribution in [2.45, 2.75) is 0 Å². The second-order valence-electron chi connectivity index (χ2n) is 7.91. The summed E-state index contributed by atoms with van der Waals surface area (Å²) in [6.45, 7) is 3.27. The molecular formula is C25H22ClFN6O2S. The first-order valence-electron chi connectivity index (χ1n) is 11.2. The number of halogens is 2. The molecule has 0 bridgehead atoms. The highest BCUT2D eigenvalue weighted by Crippen LogP contribution is 2.27. The van der Waals surface area contributed by atoms with E-state index in [2.05, 4.69) is 43.0 Å². The largest absolute Gasteiger partial charge is 0.378 e. The number of ether oxygens (including phenoxy) is 1. The quantitative estimate of drug-likeness (QED) is 0.277. The smallest absolute Gasteiger partial charge is 0.267 e. The number of morpholine rings is 1. The van der Waals surface area contributed by atoms with Gasteiger partial charge in [-0.3, -0.25) is 4.79 Å². The van der Waals surface area contributed by atoms with E-state index in [0.29, 0.717) is 15.8 Å². The molecule has 5 rings (SSSR count). The van der Waals surface area contributed by atoms with Gasteiger partial charge in [0.15, 0.2) is 10.9 Å². The molecule has 3 heterocycles. The topological polar surface area (TPSA) is 91.4 Å². The van der Waals surface area contributed by atoms with E-state index in [1.165, 1.54) is 18.3 Å². The number of hydrogen-bond acceptors (Lipinski definition) is 8. The molecule has 0 spiro atoms. The van der Waals surface area contributed by atoms with Crippen molar-refractivity contribution in [1.29, 1.82) is 0 Å². The fraction of sp³-hybridized carbons (Fsp3) is 0.160. The van der Waals surface area contributed by atoms with E-state index in [1.807, 2.05) is 18.2 Å². The Kier molecular flexibility index (Phi) is 7.26. The minimum atomic E-state index is -0.678. The summed E-state index contributed by atoms with van der Waals surface area (Å²) >= 11 is 6.92. The summed E-state index contributed by atoms with van der Waals surface area (Å²) in [4.78, 5) is 23.8. The van der Waals surface area contributed by atoms with Crippen LogP contribution in [0.3, 0.4) is 0 Å². The van der Waals surface area contributed by atoms with Crippen LogP contribution in [0.15, 0.2) is 67.0 Å². The van der Waals surface area contributed by atoms with Gasteiger partial charge in [0.25, 0.3) is 5.91 Å². The highest BCUT2D eigenvalue weighted by atomic mass is 35.5. The number of nitrogens with one attached hydrogen (secondary N) is 3. The molecule has 0 unspecified atom stereocenters. The lowest BCUT2D eigenvalue weighted by Crippen LogP contribution is -2.36. The number of pyridine rings is 1. The summed E-state index contributed by atoms with van der Waals surface area (Å²) in [5, 5.41) is 9.45. The summed E-state index contributed by atoms with van der Waals surface area (Å²) in [5.74, 6) is -0.493. The molecule has 1 aliphatic rings. The van der Waals surface area contributed by atoms with Crippen molar-refractivity contribution in [2.24, 2.45) is 0 Å². The fourth-order valence-corrected chi connectivity index (χ4v) is 4.55. The van der Waals surface area contributed by atoms with Gasteiger partial charge in [-0.25, -0.2) is 14.4 Å². The molecule has 1 aliphatic heterocycles. The van der Waals surface area contributed by atoms with E-state index in [9.17, 15) is 9.18 Å². The molecule has 184 valence electrons. The molecule has 1 saturated heterocycles. The van der Waals surface area contributed by atoms with Crippen molar-refractivity contribution in [1.82, 2.24) is 9.97 Å². The molecule has 36 heavy (non-hydrogen) atoms. The summed E-state index contributed by atoms with van der Waals surface area (Å²) in [6.07, 6.45) is 3.11. The Balaban J connectivity index is 1.21. The minimum absolute atomic E-state index is 0.0123. The highest BCUT2D eigenvalue weighted by molar-refractivity contribution is 7.17. The second-order valence-corrected chi connectivity index (χ2v) is 9.35. The van der Waals surface area contributed by atoms with Crippen molar-refractivity contribution in [3.05, 3.63) is 82.7 Å². The Hall–Kier alpha value is -3.73. The van der Waals surface area contributed by atoms with Crippen molar-refractivity contribution in [3.63, 3.8) is 0 Å². The fourth-order valence-electron chi connectivity index (χ4n) is 3.65. The molecule has 8 nitrogen and oxygen atoms in total. The Morgan fingerprint density at radius 3 is 2.64 bits per heavy atom. The molecule has 3 N–H and O–H groups in total. The van der Waals surface area contributed by atoms with Crippen molar-refractivity contribution >= 4 is 62.5 Å². The zero-order valence-corrected chi connectivity index (χ0v) is 20.6. The Labute approximate surface area is 216 Å². The van der Waals surface area contributed by atoms with Gasteiger partial charge in [-0.1, -0.05) is 29.0 Å². The van der Waals surface area contributed by atoms with Crippen molar-refractivity contribution in [2.75, 3.05) is 47.2 Å². The van der Waals surface area contributed by atoms with Crippen LogP contribution in [-0.2, 0) is 4.74 Å². The van der Waals surface area contributed by atoms with Gasteiger partial charge in [0.05, 0.1) is 30.1 Å². The maximum absolute atomic E-state index is 14.1. The summed E-state index contributed by atoms with van der Waals surface area (Å²) < 4.78 is 19.5. The number of thiazole rings is 1. The molecule has 0 saturated carbocycles. The van der Waals surface area contributed by atoms with Gasteiger partial charge in [-0.15, -0.1) is 0 Å². The number of anilines is 6. The number of nitrogens with zero attached hydrogens (tertiary/aromatic N) is 3. The zero-order chi connectivity index (χ0) is 24.9. The molecule has 2 aromatic heterocycles. The van der Waals surface area contributed by atoms with Crippen LogP contribution in [0.25, 0.3) is 0 Å². The van der Waals surface area contributed by atoms with Gasteiger partial charge >= 0.3 is 0 Å². The lowest BCUT2D eigenvalue weighted by atomic mass is 10.2. The van der Waals surface area contributed by atoms with Crippen LogP contribution in [0, 0.1) is 5.82 Å². The first-order valence-corrected chi connectivity index (χ1v) is 12.4. The predicted octanol–water partition coefficient (Wildman–Crippen LogP) is 5.91. The molecule has 4 aromatic rings. The number of carbonyl (C=O) groups is 1. The number of hydrogen-bond donors (Lipinski definition) is 3. The van der Waals surface area contributed by atoms with Crippen LogP contribution in [0.2, 0.25) is 5.02 Å². The molecule has 0 aliphatic carbocycles. The summed E-state index contributed by atoms with van der Waals surface area (Å²) in [7, 11) is 0. The molecule has 11 heteroatoms. The predicted molar refractivity (Wildman–Crippen MR) is 142 cm³/mol. The van der Waals surface area contributed by atoms with E-state index in [-0.39, 0.29) is 10.7 Å². The van der Waals surface area contributed by atoms with Gasteiger partial charge < -0.3 is 25.6 Å². The van der Waals surface area contributed by atoms with E-state index < -0.39 is 11.7 Å². The van der Waals surface area contributed by atoms with E-state index in [0.717, 1.165) is 54.7 Å². The summed E-state index contributed by atoms with van der Waals surface area (Å²) in [6, 6.07) is 16.3. The second kappa shape index (κ2) is 10.9. The lowest BCUT2D eigenvalue weighted by Gasteiger charge is -2.28. The normalized spacial score (nSPS) is 13.3. The maximum atomic E-state index is 14.1. The third-order valence-corrected chi connectivity index (χ3v) is 6.66. The summed E-state index contributed by atoms with van der Waals surface area (Å²) in [5.41, 5.74) is 2.84. The van der Waals surface area contributed by atoms with Gasteiger partial charge in [-0.05, 0) is 42.5 Å². The van der Waals surface area contributed by atoms with E-state index >= 15 is 0 Å². The monoisotopic (exact) mass is 524 g/mol. The molecule has 1 fully saturated rings. The van der Waals surface area contributed by atoms with Gasteiger partial charge in [0.2, 0.25) is 0 Å². The Morgan fingerprint density at radius 1 is 1.03 bits per heavy atom. The Bertz CT molecular complexity index is 1360. The molecule has 1 amide bonds. The van der Waals surface area contributed by atoms with Crippen molar-refractivity contribution < 1.29 is 13.9 Å². The number of rotatable bonds is 7. The zero-order valence-electron chi connectivity index (χ0n) is 19.0. The van der Waals surface area contributed by atoms with Crippen LogP contribution in [0.5, 0.6) is 0 Å². The van der Waals surface area contributed by atoms with Crippen LogP contribution >= 0.6 is 22.9 Å². The van der Waals surface area contributed by atoms with Gasteiger partial charge in [0, 0.05) is 42.4 Å². The van der Waals surface area contributed by atoms with E-state index in [4.69, 9.17) is 16.3 Å². The number of amides is 1. The molecule has 0 radical (unpaired) electrons. The Morgan fingerprint density at radius 2 is 1.83 bits per heavy atom. The SMILES string of the molecule is O=C(Nc1cccc(Cl)c1F)c1cnc(Nc2ccnc(Nc3ccc(N4CCOCC4)cc3)c2)s1. The van der Waals surface area contributed by atoms with Crippen LogP contribution in [-0.4, -0.2) is 42.2 Å². The minimum Gasteiger partial charge on any atom is -0.378 e. The van der Waals surface area contributed by atoms with Gasteiger partial charge in [-0.2, -0.15) is 0 Å². The standard InChI is InChI=1S/C25H22ClFN6O2S/c26-19-2-1-3-20(23(19)27)32-24(34)21-15-29-25(36-21)31-17-8-9-28-22(14-17)30-16-4-6-18(7-5-16)33-10-12-35-13-11-33/h1-9,14-15H,10-13H2,(H,32,34)(H2,28,29,30,31). The van der Waals surface area contributed by atoms with Crippen LogP contribution < -0.4 is 20.9 Å². The maximum Gasteiger partial charge on any atom is 0.267 e. The molecular weight excluding hydrogens is 503 g/mol. The average molecular weight is 525 g/mol. The van der Waals surface area contributed by atoms with E-state index in [1.54, 1.807) is 18.3 Å². The third kappa shape index (κ3) is 5.73. The van der Waals surface area contributed by atoms with Crippen molar-refractivity contribution in [3.8, 4) is 0 Å². The molecule has 2 aromatic carbocycles. The molecule has 0 atom stereocenters. The third-order valence-electron chi connectivity index (χ3n) is 5.46. The number of benzene rings is 2. The van der Waals surface area contributed by atoms with Crippen LogP contribution in [0.4, 0.5) is 38.1 Å². The number of aromatic nitrogens is 2. The van der Waals surface area contributed by atoms with Gasteiger partial charge in [0.1, 0.15) is 10.7 Å². The van der Waals surface area contributed by atoms with Crippen LogP contribution in [0.1, 0.15) is 9.67 Å².